The van der Waals surface area contributed by atoms with Gasteiger partial charge in [-0.1, -0.05) is 12.1 Å². The Morgan fingerprint density at radius 1 is 1.53 bits per heavy atom. The number of amides is 2. The minimum atomic E-state index is -0.383. The third-order valence-electron chi connectivity index (χ3n) is 2.27. The molecule has 0 fully saturated rings. The number of nitrogens with one attached hydrogen (secondary N) is 2. The first-order chi connectivity index (χ1) is 8.19. The van der Waals surface area contributed by atoms with Gasteiger partial charge in [0.05, 0.1) is 12.5 Å². The predicted octanol–water partition coefficient (Wildman–Crippen LogP) is 1.84. The summed E-state index contributed by atoms with van der Waals surface area (Å²) in [5.74, 6) is 0. The molecule has 5 nitrogen and oxygen atoms in total. The molecule has 2 N–H and O–H groups in total. The van der Waals surface area contributed by atoms with E-state index in [-0.39, 0.29) is 12.5 Å². The van der Waals surface area contributed by atoms with Gasteiger partial charge < -0.3 is 10.6 Å². The summed E-state index contributed by atoms with van der Waals surface area (Å²) in [6, 6.07) is 6.64. The van der Waals surface area contributed by atoms with E-state index < -0.39 is 0 Å². The van der Waals surface area contributed by atoms with Gasteiger partial charge in [-0.25, -0.2) is 4.79 Å². The average molecular weight is 231 g/mol. The number of carbonyl (C=O) groups excluding carboxylic acids is 2. The second kappa shape index (κ2) is 6.28. The van der Waals surface area contributed by atoms with Gasteiger partial charge in [-0.2, -0.15) is 5.26 Å². The van der Waals surface area contributed by atoms with E-state index in [9.17, 15) is 9.59 Å². The summed E-state index contributed by atoms with van der Waals surface area (Å²) in [5.41, 5.74) is 1.85. The van der Waals surface area contributed by atoms with E-state index in [4.69, 9.17) is 5.26 Å². The van der Waals surface area contributed by atoms with Gasteiger partial charge in [-0.15, -0.1) is 0 Å². The van der Waals surface area contributed by atoms with Crippen LogP contribution in [0.15, 0.2) is 18.2 Å². The van der Waals surface area contributed by atoms with Crippen molar-refractivity contribution in [2.75, 3.05) is 11.9 Å². The molecule has 1 rings (SSSR count). The van der Waals surface area contributed by atoms with Crippen molar-refractivity contribution in [1.29, 1.82) is 5.26 Å². The van der Waals surface area contributed by atoms with Crippen LogP contribution in [0.1, 0.15) is 22.3 Å². The first-order valence-electron chi connectivity index (χ1n) is 5.15. The Morgan fingerprint density at radius 3 is 2.94 bits per heavy atom. The van der Waals surface area contributed by atoms with Crippen molar-refractivity contribution < 1.29 is 9.59 Å². The molecule has 17 heavy (non-hydrogen) atoms. The fourth-order valence-corrected chi connectivity index (χ4v) is 1.32. The number of carbonyl (C=O) groups is 2. The molecule has 0 aromatic heterocycles. The van der Waals surface area contributed by atoms with E-state index in [0.29, 0.717) is 17.8 Å². The highest BCUT2D eigenvalue weighted by molar-refractivity contribution is 5.92. The standard InChI is InChI=1S/C12H13N3O2/c1-9-10(8-16)4-2-5-11(9)15-12(17)14-7-3-6-13/h2,4-5,8H,3,7H2,1H3,(H2,14,15,17). The lowest BCUT2D eigenvalue weighted by Crippen LogP contribution is -2.29. The number of nitriles is 1. The van der Waals surface area contributed by atoms with Crippen LogP contribution < -0.4 is 10.6 Å². The zero-order valence-corrected chi connectivity index (χ0v) is 9.49. The molecule has 0 aliphatic rings. The van der Waals surface area contributed by atoms with Crippen LogP contribution in [-0.2, 0) is 0 Å². The number of urea groups is 1. The Kier molecular flexibility index (Phi) is 4.70. The molecule has 0 aliphatic carbocycles. The van der Waals surface area contributed by atoms with Gasteiger partial charge in [0.25, 0.3) is 0 Å². The predicted molar refractivity (Wildman–Crippen MR) is 63.8 cm³/mol. The van der Waals surface area contributed by atoms with Gasteiger partial charge in [0.15, 0.2) is 0 Å². The van der Waals surface area contributed by atoms with Gasteiger partial charge in [-0.3, -0.25) is 4.79 Å². The Hall–Kier alpha value is -2.35. The minimum absolute atomic E-state index is 0.265. The number of rotatable bonds is 4. The Labute approximate surface area is 99.4 Å². The zero-order valence-electron chi connectivity index (χ0n) is 9.49. The van der Waals surface area contributed by atoms with Crippen LogP contribution in [0, 0.1) is 18.3 Å². The van der Waals surface area contributed by atoms with E-state index in [0.717, 1.165) is 11.8 Å². The van der Waals surface area contributed by atoms with Crippen molar-refractivity contribution >= 4 is 18.0 Å². The van der Waals surface area contributed by atoms with Crippen LogP contribution in [0.3, 0.4) is 0 Å². The minimum Gasteiger partial charge on any atom is -0.337 e. The van der Waals surface area contributed by atoms with Gasteiger partial charge in [-0.05, 0) is 18.6 Å². The van der Waals surface area contributed by atoms with Gasteiger partial charge >= 0.3 is 6.03 Å². The third-order valence-corrected chi connectivity index (χ3v) is 2.27. The summed E-state index contributed by atoms with van der Waals surface area (Å²) in [7, 11) is 0. The van der Waals surface area contributed by atoms with Crippen LogP contribution in [0.4, 0.5) is 10.5 Å². The number of anilines is 1. The summed E-state index contributed by atoms with van der Waals surface area (Å²) in [5, 5.41) is 13.5. The van der Waals surface area contributed by atoms with E-state index in [1.165, 1.54) is 0 Å². The van der Waals surface area contributed by atoms with Crippen LogP contribution in [0.25, 0.3) is 0 Å². The molecular formula is C12H13N3O2. The summed E-state index contributed by atoms with van der Waals surface area (Å²) >= 11 is 0. The molecule has 0 saturated heterocycles. The normalized spacial score (nSPS) is 9.18. The number of nitrogens with zero attached hydrogens (tertiary/aromatic N) is 1. The zero-order chi connectivity index (χ0) is 12.7. The number of aldehydes is 1. The van der Waals surface area contributed by atoms with E-state index >= 15 is 0 Å². The fourth-order valence-electron chi connectivity index (χ4n) is 1.32. The van der Waals surface area contributed by atoms with Crippen molar-refractivity contribution in [1.82, 2.24) is 5.32 Å². The second-order valence-electron chi connectivity index (χ2n) is 3.43. The number of hydrogen-bond donors (Lipinski definition) is 2. The summed E-state index contributed by atoms with van der Waals surface area (Å²) < 4.78 is 0. The Morgan fingerprint density at radius 2 is 2.29 bits per heavy atom. The van der Waals surface area contributed by atoms with Gasteiger partial charge in [0.2, 0.25) is 0 Å². The smallest absolute Gasteiger partial charge is 0.319 e. The van der Waals surface area contributed by atoms with Crippen LogP contribution >= 0.6 is 0 Å². The maximum atomic E-state index is 11.4. The SMILES string of the molecule is Cc1c(C=O)cccc1NC(=O)NCCC#N. The monoisotopic (exact) mass is 231 g/mol. The van der Waals surface area contributed by atoms with Crippen LogP contribution in [-0.4, -0.2) is 18.9 Å². The molecule has 88 valence electrons. The van der Waals surface area contributed by atoms with Crippen molar-refractivity contribution in [2.24, 2.45) is 0 Å². The van der Waals surface area contributed by atoms with Gasteiger partial charge in [0.1, 0.15) is 6.29 Å². The largest absolute Gasteiger partial charge is 0.337 e. The van der Waals surface area contributed by atoms with Crippen molar-refractivity contribution in [3.63, 3.8) is 0 Å². The molecular weight excluding hydrogens is 218 g/mol. The number of hydrogen-bond acceptors (Lipinski definition) is 3. The molecule has 1 aromatic rings. The lowest BCUT2D eigenvalue weighted by Gasteiger charge is -2.10. The summed E-state index contributed by atoms with van der Waals surface area (Å²) in [6.45, 7) is 2.06. The van der Waals surface area contributed by atoms with Crippen LogP contribution in [0.5, 0.6) is 0 Å². The van der Waals surface area contributed by atoms with E-state index in [1.54, 1.807) is 25.1 Å². The first kappa shape index (κ1) is 12.7. The third kappa shape index (κ3) is 3.61. The molecule has 2 amide bonds. The molecule has 0 radical (unpaired) electrons. The molecule has 0 bridgehead atoms. The second-order valence-corrected chi connectivity index (χ2v) is 3.43. The number of benzene rings is 1. The molecule has 0 heterocycles. The maximum Gasteiger partial charge on any atom is 0.319 e. The van der Waals surface area contributed by atoms with E-state index in [2.05, 4.69) is 10.6 Å². The highest BCUT2D eigenvalue weighted by Crippen LogP contribution is 2.17. The lowest BCUT2D eigenvalue weighted by molar-refractivity contribution is 0.112. The maximum absolute atomic E-state index is 11.4. The first-order valence-corrected chi connectivity index (χ1v) is 5.15. The quantitative estimate of drug-likeness (QED) is 0.612. The fraction of sp³-hybridized carbons (Fsp3) is 0.250. The van der Waals surface area contributed by atoms with Crippen molar-refractivity contribution in [2.45, 2.75) is 13.3 Å². The highest BCUT2D eigenvalue weighted by atomic mass is 16.2. The highest BCUT2D eigenvalue weighted by Gasteiger charge is 2.06. The molecule has 0 saturated carbocycles. The molecule has 1 aromatic carbocycles. The Bertz CT molecular complexity index is 463. The average Bonchev–Trinajstić information content (AvgIpc) is 2.32. The van der Waals surface area contributed by atoms with Crippen molar-refractivity contribution in [3.8, 4) is 6.07 Å². The summed E-state index contributed by atoms with van der Waals surface area (Å²) in [6.07, 6.45) is 1.01. The topological polar surface area (TPSA) is 82.0 Å². The molecule has 0 aliphatic heterocycles. The molecule has 0 unspecified atom stereocenters. The van der Waals surface area contributed by atoms with Crippen LogP contribution in [0.2, 0.25) is 0 Å². The molecule has 5 heteroatoms. The molecule has 0 spiro atoms. The van der Waals surface area contributed by atoms with Crippen molar-refractivity contribution in [3.05, 3.63) is 29.3 Å². The lowest BCUT2D eigenvalue weighted by atomic mass is 10.1. The molecule has 0 atom stereocenters. The van der Waals surface area contributed by atoms with E-state index in [1.807, 2.05) is 6.07 Å². The van der Waals surface area contributed by atoms with Gasteiger partial charge in [0, 0.05) is 17.8 Å². The summed E-state index contributed by atoms with van der Waals surface area (Å²) in [4.78, 5) is 22.1. The Balaban J connectivity index is 2.66.